The van der Waals surface area contributed by atoms with E-state index >= 15 is 0 Å². The molecule has 1 aromatic carbocycles. The van der Waals surface area contributed by atoms with Gasteiger partial charge in [0, 0.05) is 18.3 Å². The second kappa shape index (κ2) is 5.68. The first kappa shape index (κ1) is 14.9. The Bertz CT molecular complexity index is 474. The van der Waals surface area contributed by atoms with Gasteiger partial charge in [-0.25, -0.2) is 8.78 Å². The highest BCUT2D eigenvalue weighted by atomic mass is 19.3. The second-order valence-electron chi connectivity index (χ2n) is 3.53. The van der Waals surface area contributed by atoms with E-state index in [1.807, 2.05) is 0 Å². The number of carbonyl (C=O) groups excluding carboxylic acids is 2. The molecule has 2 N–H and O–H groups in total. The molecule has 0 unspecified atom stereocenters. The molecule has 104 valence electrons. The Morgan fingerprint density at radius 2 is 1.68 bits per heavy atom. The third-order valence-electron chi connectivity index (χ3n) is 2.21. The maximum atomic E-state index is 12.7. The quantitative estimate of drug-likeness (QED) is 0.826. The van der Waals surface area contributed by atoms with Crippen LogP contribution in [-0.2, 0) is 4.79 Å². The Balaban J connectivity index is 2.79. The van der Waals surface area contributed by atoms with Crippen LogP contribution in [0.15, 0.2) is 24.3 Å². The first-order valence-corrected chi connectivity index (χ1v) is 5.08. The normalized spacial score (nSPS) is 11.3. The highest BCUT2D eigenvalue weighted by Gasteiger charge is 2.48. The van der Waals surface area contributed by atoms with Gasteiger partial charge >= 0.3 is 18.3 Å². The van der Waals surface area contributed by atoms with Gasteiger partial charge in [0.2, 0.25) is 0 Å². The SMILES string of the molecule is CNC(=O)c1ccc(NC(=O)C(F)(F)C(F)F)cc1. The molecule has 19 heavy (non-hydrogen) atoms. The Hall–Kier alpha value is -2.12. The summed E-state index contributed by atoms with van der Waals surface area (Å²) in [6.45, 7) is 0. The summed E-state index contributed by atoms with van der Waals surface area (Å²) in [5.41, 5.74) is 0.124. The maximum Gasteiger partial charge on any atom is 0.383 e. The number of nitrogens with one attached hydrogen (secondary N) is 2. The lowest BCUT2D eigenvalue weighted by molar-refractivity contribution is -0.163. The molecule has 0 aliphatic carbocycles. The van der Waals surface area contributed by atoms with Gasteiger partial charge in [-0.3, -0.25) is 9.59 Å². The average Bonchev–Trinajstić information content (AvgIpc) is 2.38. The number of carbonyl (C=O) groups is 2. The number of hydrogen-bond donors (Lipinski definition) is 2. The monoisotopic (exact) mass is 278 g/mol. The Kier molecular flexibility index (Phi) is 4.47. The summed E-state index contributed by atoms with van der Waals surface area (Å²) in [7, 11) is 1.40. The summed E-state index contributed by atoms with van der Waals surface area (Å²) < 4.78 is 49.2. The highest BCUT2D eigenvalue weighted by molar-refractivity contribution is 5.98. The van der Waals surface area contributed by atoms with Crippen LogP contribution >= 0.6 is 0 Å². The molecule has 4 nitrogen and oxygen atoms in total. The van der Waals surface area contributed by atoms with Gasteiger partial charge in [-0.1, -0.05) is 0 Å². The van der Waals surface area contributed by atoms with Crippen LogP contribution in [-0.4, -0.2) is 31.2 Å². The third kappa shape index (κ3) is 3.43. The molecule has 0 aliphatic rings. The van der Waals surface area contributed by atoms with Crippen LogP contribution in [0.2, 0.25) is 0 Å². The summed E-state index contributed by atoms with van der Waals surface area (Å²) in [5, 5.41) is 3.98. The van der Waals surface area contributed by atoms with Crippen molar-refractivity contribution in [1.29, 1.82) is 0 Å². The minimum Gasteiger partial charge on any atom is -0.355 e. The molecule has 0 saturated heterocycles. The summed E-state index contributed by atoms with van der Waals surface area (Å²) in [6.07, 6.45) is -4.09. The smallest absolute Gasteiger partial charge is 0.355 e. The zero-order valence-electron chi connectivity index (χ0n) is 9.72. The number of rotatable bonds is 4. The standard InChI is InChI=1S/C11H10F4N2O2/c1-16-8(18)6-2-4-7(5-3-6)17-10(19)11(14,15)9(12)13/h2-5,9H,1H3,(H,16,18)(H,17,19). The predicted molar refractivity (Wildman–Crippen MR) is 59.4 cm³/mol. The lowest BCUT2D eigenvalue weighted by atomic mass is 10.2. The lowest BCUT2D eigenvalue weighted by Gasteiger charge is -2.14. The summed E-state index contributed by atoms with van der Waals surface area (Å²) in [5.74, 6) is -7.27. The van der Waals surface area contributed by atoms with Gasteiger partial charge in [0.1, 0.15) is 0 Å². The van der Waals surface area contributed by atoms with Crippen LogP contribution < -0.4 is 10.6 Å². The van der Waals surface area contributed by atoms with Gasteiger partial charge in [-0.2, -0.15) is 8.78 Å². The second-order valence-corrected chi connectivity index (χ2v) is 3.53. The molecule has 2 amide bonds. The van der Waals surface area contributed by atoms with Crippen LogP contribution in [0.25, 0.3) is 0 Å². The average molecular weight is 278 g/mol. The van der Waals surface area contributed by atoms with E-state index in [9.17, 15) is 27.2 Å². The van der Waals surface area contributed by atoms with E-state index in [1.165, 1.54) is 19.2 Å². The van der Waals surface area contributed by atoms with Crippen molar-refractivity contribution in [2.45, 2.75) is 12.3 Å². The lowest BCUT2D eigenvalue weighted by Crippen LogP contribution is -2.40. The Morgan fingerprint density at radius 1 is 1.16 bits per heavy atom. The maximum absolute atomic E-state index is 12.7. The number of amides is 2. The molecule has 0 saturated carbocycles. The van der Waals surface area contributed by atoms with Crippen molar-refractivity contribution in [3.05, 3.63) is 29.8 Å². The fourth-order valence-corrected chi connectivity index (χ4v) is 1.16. The molecule has 0 heterocycles. The van der Waals surface area contributed by atoms with Gasteiger partial charge in [0.25, 0.3) is 5.91 Å². The zero-order valence-corrected chi connectivity index (χ0v) is 9.72. The van der Waals surface area contributed by atoms with Crippen molar-refractivity contribution in [3.63, 3.8) is 0 Å². The van der Waals surface area contributed by atoms with E-state index in [0.717, 1.165) is 12.1 Å². The van der Waals surface area contributed by atoms with E-state index in [-0.39, 0.29) is 11.3 Å². The Morgan fingerprint density at radius 3 is 2.11 bits per heavy atom. The summed E-state index contributed by atoms with van der Waals surface area (Å²) in [6, 6.07) is 4.83. The Labute approximate surface area is 105 Å². The van der Waals surface area contributed by atoms with Crippen molar-refractivity contribution >= 4 is 17.5 Å². The van der Waals surface area contributed by atoms with Gasteiger partial charge in [-0.15, -0.1) is 0 Å². The van der Waals surface area contributed by atoms with E-state index in [4.69, 9.17) is 0 Å². The van der Waals surface area contributed by atoms with E-state index in [2.05, 4.69) is 5.32 Å². The van der Waals surface area contributed by atoms with Gasteiger partial charge in [-0.05, 0) is 24.3 Å². The van der Waals surface area contributed by atoms with Crippen LogP contribution in [0.5, 0.6) is 0 Å². The first-order valence-electron chi connectivity index (χ1n) is 5.08. The number of anilines is 1. The number of hydrogen-bond acceptors (Lipinski definition) is 2. The van der Waals surface area contributed by atoms with Gasteiger partial charge in [0.15, 0.2) is 0 Å². The molecule has 0 fully saturated rings. The van der Waals surface area contributed by atoms with Crippen LogP contribution in [0.4, 0.5) is 23.2 Å². The third-order valence-corrected chi connectivity index (χ3v) is 2.21. The van der Waals surface area contributed by atoms with Crippen molar-refractivity contribution in [3.8, 4) is 0 Å². The minimum atomic E-state index is -4.76. The molecule has 0 atom stereocenters. The first-order chi connectivity index (χ1) is 8.78. The fourth-order valence-electron chi connectivity index (χ4n) is 1.16. The molecule has 0 bridgehead atoms. The molecule has 8 heteroatoms. The van der Waals surface area contributed by atoms with Gasteiger partial charge in [0.05, 0.1) is 0 Å². The molecule has 1 aromatic rings. The van der Waals surface area contributed by atoms with Crippen LogP contribution in [0.1, 0.15) is 10.4 Å². The molecular weight excluding hydrogens is 268 g/mol. The van der Waals surface area contributed by atoms with E-state index in [0.29, 0.717) is 0 Å². The van der Waals surface area contributed by atoms with Crippen molar-refractivity contribution in [2.24, 2.45) is 0 Å². The van der Waals surface area contributed by atoms with Gasteiger partial charge < -0.3 is 10.6 Å². The van der Waals surface area contributed by atoms with Crippen LogP contribution in [0.3, 0.4) is 0 Å². The molecule has 0 radical (unpaired) electrons. The van der Waals surface area contributed by atoms with E-state index < -0.39 is 24.2 Å². The van der Waals surface area contributed by atoms with Crippen molar-refractivity contribution in [2.75, 3.05) is 12.4 Å². The molecule has 1 rings (SSSR count). The van der Waals surface area contributed by atoms with E-state index in [1.54, 1.807) is 5.32 Å². The summed E-state index contributed by atoms with van der Waals surface area (Å²) >= 11 is 0. The zero-order chi connectivity index (χ0) is 14.6. The summed E-state index contributed by atoms with van der Waals surface area (Å²) in [4.78, 5) is 22.1. The topological polar surface area (TPSA) is 58.2 Å². The number of halogens is 4. The molecular formula is C11H10F4N2O2. The predicted octanol–water partition coefficient (Wildman–Crippen LogP) is 1.89. The number of alkyl halides is 4. The molecule has 0 spiro atoms. The largest absolute Gasteiger partial charge is 0.383 e. The molecule has 0 aliphatic heterocycles. The fraction of sp³-hybridized carbons (Fsp3) is 0.273. The minimum absolute atomic E-state index is 0.113. The number of benzene rings is 1. The molecule has 0 aromatic heterocycles. The highest BCUT2D eigenvalue weighted by Crippen LogP contribution is 2.24. The van der Waals surface area contributed by atoms with Crippen molar-refractivity contribution < 1.29 is 27.2 Å². The van der Waals surface area contributed by atoms with Crippen molar-refractivity contribution in [1.82, 2.24) is 5.32 Å². The van der Waals surface area contributed by atoms with Crippen LogP contribution in [0, 0.1) is 0 Å².